The Bertz CT molecular complexity index is 382. The summed E-state index contributed by atoms with van der Waals surface area (Å²) >= 11 is 0. The van der Waals surface area contributed by atoms with Crippen LogP contribution in [0.25, 0.3) is 0 Å². The van der Waals surface area contributed by atoms with Gasteiger partial charge in [-0.1, -0.05) is 56.0 Å². The van der Waals surface area contributed by atoms with E-state index in [0.717, 1.165) is 25.2 Å². The predicted octanol–water partition coefficient (Wildman–Crippen LogP) is 4.27. The molecule has 2 aliphatic carbocycles. The van der Waals surface area contributed by atoms with Crippen molar-refractivity contribution in [1.82, 2.24) is 0 Å². The summed E-state index contributed by atoms with van der Waals surface area (Å²) in [6, 6.07) is 10.7. The molecular weight excluding hydrogens is 220 g/mol. The minimum absolute atomic E-state index is 0.367. The van der Waals surface area contributed by atoms with Crippen LogP contribution >= 0.6 is 0 Å². The molecule has 1 N–H and O–H groups in total. The Morgan fingerprint density at radius 2 is 1.83 bits per heavy atom. The van der Waals surface area contributed by atoms with Gasteiger partial charge in [0.2, 0.25) is 0 Å². The van der Waals surface area contributed by atoms with E-state index in [-0.39, 0.29) is 0 Å². The molecule has 2 fully saturated rings. The molecule has 1 aromatic carbocycles. The van der Waals surface area contributed by atoms with Crippen LogP contribution in [0.4, 0.5) is 0 Å². The topological polar surface area (TPSA) is 20.2 Å². The average Bonchev–Trinajstić information content (AvgIpc) is 3.22. The van der Waals surface area contributed by atoms with E-state index in [1.807, 2.05) is 0 Å². The van der Waals surface area contributed by atoms with Crippen molar-refractivity contribution in [3.63, 3.8) is 0 Å². The first-order chi connectivity index (χ1) is 8.78. The molecule has 0 aliphatic heterocycles. The summed E-state index contributed by atoms with van der Waals surface area (Å²) in [5.41, 5.74) is 0.915. The van der Waals surface area contributed by atoms with Gasteiger partial charge in [-0.25, -0.2) is 0 Å². The Morgan fingerprint density at radius 1 is 1.06 bits per heavy atom. The quantitative estimate of drug-likeness (QED) is 0.838. The summed E-state index contributed by atoms with van der Waals surface area (Å²) < 4.78 is 0. The largest absolute Gasteiger partial charge is 0.389 e. The highest BCUT2D eigenvalue weighted by molar-refractivity contribution is 5.23. The summed E-state index contributed by atoms with van der Waals surface area (Å²) in [6.07, 6.45) is 9.66. The molecule has 2 saturated carbocycles. The van der Waals surface area contributed by atoms with Crippen LogP contribution in [0.2, 0.25) is 0 Å². The summed E-state index contributed by atoms with van der Waals surface area (Å²) in [5.74, 6) is 1.29. The van der Waals surface area contributed by atoms with Gasteiger partial charge in [-0.15, -0.1) is 0 Å². The van der Waals surface area contributed by atoms with Crippen LogP contribution in [0, 0.1) is 5.92 Å². The summed E-state index contributed by atoms with van der Waals surface area (Å²) in [7, 11) is 0. The third-order valence-electron chi connectivity index (χ3n) is 4.89. The molecule has 0 bridgehead atoms. The predicted molar refractivity (Wildman–Crippen MR) is 74.6 cm³/mol. The highest BCUT2D eigenvalue weighted by atomic mass is 16.3. The molecule has 2 aliphatic rings. The van der Waals surface area contributed by atoms with Gasteiger partial charge in [-0.05, 0) is 37.2 Å². The number of aliphatic hydroxyl groups is 1. The SMILES string of the molecule is OC1(CCC2CC2)CCCCC1c1ccccc1. The molecule has 0 radical (unpaired) electrons. The van der Waals surface area contributed by atoms with Crippen LogP contribution in [-0.2, 0) is 0 Å². The van der Waals surface area contributed by atoms with Crippen molar-refractivity contribution in [3.8, 4) is 0 Å². The van der Waals surface area contributed by atoms with Crippen molar-refractivity contribution in [2.24, 2.45) is 5.92 Å². The van der Waals surface area contributed by atoms with E-state index >= 15 is 0 Å². The van der Waals surface area contributed by atoms with E-state index < -0.39 is 5.60 Å². The van der Waals surface area contributed by atoms with Gasteiger partial charge < -0.3 is 5.11 Å². The lowest BCUT2D eigenvalue weighted by Gasteiger charge is -2.40. The number of rotatable bonds is 4. The Hall–Kier alpha value is -0.820. The number of benzene rings is 1. The van der Waals surface area contributed by atoms with Gasteiger partial charge >= 0.3 is 0 Å². The van der Waals surface area contributed by atoms with E-state index in [2.05, 4.69) is 30.3 Å². The second-order valence-electron chi connectivity index (χ2n) is 6.29. The zero-order chi connectivity index (χ0) is 12.4. The normalized spacial score (nSPS) is 32.4. The second-order valence-corrected chi connectivity index (χ2v) is 6.29. The molecule has 0 saturated heterocycles. The highest BCUT2D eigenvalue weighted by Gasteiger charge is 2.40. The third-order valence-corrected chi connectivity index (χ3v) is 4.89. The Balaban J connectivity index is 1.75. The van der Waals surface area contributed by atoms with Gasteiger partial charge in [0.05, 0.1) is 5.60 Å². The van der Waals surface area contributed by atoms with Crippen molar-refractivity contribution in [3.05, 3.63) is 35.9 Å². The van der Waals surface area contributed by atoms with Crippen molar-refractivity contribution >= 4 is 0 Å². The highest BCUT2D eigenvalue weighted by Crippen LogP contribution is 2.46. The van der Waals surface area contributed by atoms with Crippen molar-refractivity contribution < 1.29 is 5.11 Å². The number of hydrogen-bond acceptors (Lipinski definition) is 1. The zero-order valence-corrected chi connectivity index (χ0v) is 11.1. The fourth-order valence-electron chi connectivity index (χ4n) is 3.54. The van der Waals surface area contributed by atoms with Crippen LogP contribution < -0.4 is 0 Å². The molecule has 1 heteroatoms. The molecule has 0 spiro atoms. The zero-order valence-electron chi connectivity index (χ0n) is 11.1. The van der Waals surface area contributed by atoms with Crippen LogP contribution in [0.1, 0.15) is 62.8 Å². The Kier molecular flexibility index (Phi) is 3.43. The van der Waals surface area contributed by atoms with E-state index in [1.165, 1.54) is 37.7 Å². The molecule has 18 heavy (non-hydrogen) atoms. The molecular formula is C17H24O. The van der Waals surface area contributed by atoms with Gasteiger partial charge in [0, 0.05) is 5.92 Å². The third kappa shape index (κ3) is 2.61. The molecule has 1 nitrogen and oxygen atoms in total. The molecule has 0 aromatic heterocycles. The van der Waals surface area contributed by atoms with E-state index in [1.54, 1.807) is 0 Å². The van der Waals surface area contributed by atoms with Gasteiger partial charge in [0.15, 0.2) is 0 Å². The maximum absolute atomic E-state index is 11.1. The van der Waals surface area contributed by atoms with Crippen molar-refractivity contribution in [2.75, 3.05) is 0 Å². The average molecular weight is 244 g/mol. The lowest BCUT2D eigenvalue weighted by atomic mass is 9.70. The standard InChI is InChI=1S/C17H24O/c18-17(13-11-14-9-10-14)12-5-4-8-16(17)15-6-2-1-3-7-15/h1-3,6-7,14,16,18H,4-5,8-13H2. The van der Waals surface area contributed by atoms with Gasteiger partial charge in [0.1, 0.15) is 0 Å². The van der Waals surface area contributed by atoms with Crippen LogP contribution in [0.3, 0.4) is 0 Å². The van der Waals surface area contributed by atoms with Gasteiger partial charge in [-0.2, -0.15) is 0 Å². The van der Waals surface area contributed by atoms with Gasteiger partial charge in [0.25, 0.3) is 0 Å². The monoisotopic (exact) mass is 244 g/mol. The smallest absolute Gasteiger partial charge is 0.0716 e. The fourth-order valence-corrected chi connectivity index (χ4v) is 3.54. The molecule has 98 valence electrons. The van der Waals surface area contributed by atoms with Crippen LogP contribution in [0.15, 0.2) is 30.3 Å². The Morgan fingerprint density at radius 3 is 2.56 bits per heavy atom. The van der Waals surface area contributed by atoms with E-state index in [0.29, 0.717) is 5.92 Å². The van der Waals surface area contributed by atoms with Crippen molar-refractivity contribution in [2.45, 2.75) is 62.9 Å². The molecule has 2 unspecified atom stereocenters. The first kappa shape index (κ1) is 12.2. The Labute approximate surface area is 110 Å². The molecule has 0 heterocycles. The van der Waals surface area contributed by atoms with E-state index in [4.69, 9.17) is 0 Å². The number of hydrogen-bond donors (Lipinski definition) is 1. The van der Waals surface area contributed by atoms with E-state index in [9.17, 15) is 5.11 Å². The second kappa shape index (κ2) is 5.05. The first-order valence-electron chi connectivity index (χ1n) is 7.55. The fraction of sp³-hybridized carbons (Fsp3) is 0.647. The molecule has 0 amide bonds. The molecule has 1 aromatic rings. The van der Waals surface area contributed by atoms with Crippen LogP contribution in [-0.4, -0.2) is 10.7 Å². The summed E-state index contributed by atoms with van der Waals surface area (Å²) in [6.45, 7) is 0. The van der Waals surface area contributed by atoms with Gasteiger partial charge in [-0.3, -0.25) is 0 Å². The maximum Gasteiger partial charge on any atom is 0.0716 e. The minimum atomic E-state index is -0.428. The van der Waals surface area contributed by atoms with Crippen LogP contribution in [0.5, 0.6) is 0 Å². The lowest BCUT2D eigenvalue weighted by molar-refractivity contribution is -0.0270. The molecule has 3 rings (SSSR count). The lowest BCUT2D eigenvalue weighted by Crippen LogP contribution is -2.39. The summed E-state index contributed by atoms with van der Waals surface area (Å²) in [5, 5.41) is 11.1. The maximum atomic E-state index is 11.1. The minimum Gasteiger partial charge on any atom is -0.389 e. The van der Waals surface area contributed by atoms with Crippen molar-refractivity contribution in [1.29, 1.82) is 0 Å². The first-order valence-corrected chi connectivity index (χ1v) is 7.55. The molecule has 2 atom stereocenters. The summed E-state index contributed by atoms with van der Waals surface area (Å²) in [4.78, 5) is 0.